The lowest BCUT2D eigenvalue weighted by atomic mass is 10.0. The van der Waals surface area contributed by atoms with Gasteiger partial charge in [0.1, 0.15) is 0 Å². The van der Waals surface area contributed by atoms with Gasteiger partial charge in [0.05, 0.1) is 12.1 Å². The lowest BCUT2D eigenvalue weighted by Crippen LogP contribution is -2.45. The summed E-state index contributed by atoms with van der Waals surface area (Å²) in [5, 5.41) is 12.8. The van der Waals surface area contributed by atoms with Crippen molar-refractivity contribution in [3.63, 3.8) is 0 Å². The zero-order valence-corrected chi connectivity index (χ0v) is 13.0. The Morgan fingerprint density at radius 3 is 2.50 bits per heavy atom. The summed E-state index contributed by atoms with van der Waals surface area (Å²) in [6.07, 6.45) is -3.80. The van der Waals surface area contributed by atoms with Crippen molar-refractivity contribution in [3.05, 3.63) is 35.4 Å². The predicted molar refractivity (Wildman–Crippen MR) is 78.9 cm³/mol. The van der Waals surface area contributed by atoms with Gasteiger partial charge in [-0.15, -0.1) is 0 Å². The number of rotatable bonds is 4. The highest BCUT2D eigenvalue weighted by atomic mass is 19.4. The average Bonchev–Trinajstić information content (AvgIpc) is 3.28. The predicted octanol–water partition coefficient (Wildman–Crippen LogP) is 2.43. The van der Waals surface area contributed by atoms with E-state index in [-0.39, 0.29) is 17.5 Å². The summed E-state index contributed by atoms with van der Waals surface area (Å²) in [5.41, 5.74) is 1.33. The van der Waals surface area contributed by atoms with E-state index in [0.29, 0.717) is 12.1 Å². The third kappa shape index (κ3) is 3.24. The van der Waals surface area contributed by atoms with Crippen LogP contribution in [0.25, 0.3) is 0 Å². The first kappa shape index (κ1) is 16.8. The molecule has 0 saturated heterocycles. The molecule has 0 aromatic heterocycles. The van der Waals surface area contributed by atoms with Crippen molar-refractivity contribution < 1.29 is 27.9 Å². The Kier molecular flexibility index (Phi) is 4.03. The van der Waals surface area contributed by atoms with Crippen molar-refractivity contribution in [1.82, 2.24) is 4.90 Å². The largest absolute Gasteiger partial charge is 0.458 e. The van der Waals surface area contributed by atoms with Crippen LogP contribution in [-0.4, -0.2) is 40.6 Å². The van der Waals surface area contributed by atoms with Gasteiger partial charge < -0.3 is 14.8 Å². The second-order valence-corrected chi connectivity index (χ2v) is 6.25. The lowest BCUT2D eigenvalue weighted by molar-refractivity contribution is -0.355. The second kappa shape index (κ2) is 5.77. The fourth-order valence-electron chi connectivity index (χ4n) is 2.53. The van der Waals surface area contributed by atoms with Crippen molar-refractivity contribution in [2.24, 2.45) is 11.1 Å². The topological polar surface area (TPSA) is 62.1 Å². The minimum Gasteiger partial charge on any atom is -0.350 e. The standard InChI is InChI=1S/C16H17F3N2O3/c1-21(14(22)12-6-7-12)9-10-2-4-11(5-3-10)13-8-15(23,24-20-13)16(17,18)19/h2-5,12,23H,6-9H2,1H3. The average molecular weight is 342 g/mol. The SMILES string of the molecule is CN(Cc1ccc(C2=NOC(O)(C(F)(F)F)C2)cc1)C(=O)C1CC1. The number of benzene rings is 1. The van der Waals surface area contributed by atoms with Gasteiger partial charge in [-0.1, -0.05) is 29.4 Å². The molecule has 1 aromatic rings. The van der Waals surface area contributed by atoms with E-state index in [2.05, 4.69) is 9.99 Å². The monoisotopic (exact) mass is 342 g/mol. The number of aliphatic hydroxyl groups is 1. The van der Waals surface area contributed by atoms with Crippen molar-refractivity contribution >= 4 is 11.6 Å². The molecule has 1 heterocycles. The van der Waals surface area contributed by atoms with Crippen LogP contribution < -0.4 is 0 Å². The molecule has 8 heteroatoms. The number of hydrogen-bond acceptors (Lipinski definition) is 4. The Morgan fingerprint density at radius 1 is 1.38 bits per heavy atom. The van der Waals surface area contributed by atoms with E-state index in [9.17, 15) is 23.1 Å². The van der Waals surface area contributed by atoms with E-state index in [0.717, 1.165) is 18.4 Å². The maximum Gasteiger partial charge on any atom is 0.458 e. The van der Waals surface area contributed by atoms with Crippen molar-refractivity contribution in [2.45, 2.75) is 37.8 Å². The zero-order valence-electron chi connectivity index (χ0n) is 13.0. The first-order chi connectivity index (χ1) is 11.2. The highest BCUT2D eigenvalue weighted by molar-refractivity contribution is 6.01. The maximum atomic E-state index is 12.7. The number of hydrogen-bond donors (Lipinski definition) is 1. The molecular formula is C16H17F3N2O3. The van der Waals surface area contributed by atoms with Gasteiger partial charge >= 0.3 is 12.0 Å². The quantitative estimate of drug-likeness (QED) is 0.914. The number of oxime groups is 1. The molecule has 130 valence electrons. The highest BCUT2D eigenvalue weighted by Gasteiger charge is 2.60. The lowest BCUT2D eigenvalue weighted by Gasteiger charge is -2.22. The van der Waals surface area contributed by atoms with Gasteiger partial charge in [-0.2, -0.15) is 13.2 Å². The Labute approximate surface area is 136 Å². The molecule has 1 unspecified atom stereocenters. The summed E-state index contributed by atoms with van der Waals surface area (Å²) in [7, 11) is 1.73. The Balaban J connectivity index is 1.64. The van der Waals surface area contributed by atoms with Gasteiger partial charge in [0.2, 0.25) is 5.91 Å². The van der Waals surface area contributed by atoms with Gasteiger partial charge in [0.15, 0.2) is 0 Å². The fourth-order valence-corrected chi connectivity index (χ4v) is 2.53. The minimum atomic E-state index is -4.91. The van der Waals surface area contributed by atoms with Crippen LogP contribution in [-0.2, 0) is 16.2 Å². The molecule has 5 nitrogen and oxygen atoms in total. The summed E-state index contributed by atoms with van der Waals surface area (Å²) in [4.78, 5) is 17.7. The fraction of sp³-hybridized carbons (Fsp3) is 0.500. The summed E-state index contributed by atoms with van der Waals surface area (Å²) in [6, 6.07) is 6.66. The molecule has 1 fully saturated rings. The third-order valence-electron chi connectivity index (χ3n) is 4.17. The molecular weight excluding hydrogens is 325 g/mol. The van der Waals surface area contributed by atoms with E-state index in [1.165, 1.54) is 0 Å². The molecule has 1 aliphatic heterocycles. The molecule has 1 amide bonds. The summed E-state index contributed by atoms with van der Waals surface area (Å²) in [6.45, 7) is 0.436. The Hall–Kier alpha value is -2.09. The number of carbonyl (C=O) groups excluding carboxylic acids is 1. The normalized spacial score (nSPS) is 23.6. The zero-order chi connectivity index (χ0) is 17.5. The Bertz CT molecular complexity index is 668. The first-order valence-electron chi connectivity index (χ1n) is 7.58. The van der Waals surface area contributed by atoms with Gasteiger partial charge in [-0.3, -0.25) is 4.79 Å². The number of amides is 1. The van der Waals surface area contributed by atoms with Gasteiger partial charge in [-0.05, 0) is 24.0 Å². The van der Waals surface area contributed by atoms with Crippen LogP contribution in [0.3, 0.4) is 0 Å². The molecule has 3 rings (SSSR count). The number of carbonyl (C=O) groups is 1. The molecule has 2 aliphatic rings. The van der Waals surface area contributed by atoms with Crippen LogP contribution in [0.4, 0.5) is 13.2 Å². The number of nitrogens with zero attached hydrogens (tertiary/aromatic N) is 2. The van der Waals surface area contributed by atoms with Crippen LogP contribution in [0.1, 0.15) is 30.4 Å². The third-order valence-corrected chi connectivity index (χ3v) is 4.17. The van der Waals surface area contributed by atoms with Crippen molar-refractivity contribution in [2.75, 3.05) is 7.05 Å². The number of halogens is 3. The van der Waals surface area contributed by atoms with Crippen LogP contribution >= 0.6 is 0 Å². The molecule has 1 saturated carbocycles. The van der Waals surface area contributed by atoms with Crippen molar-refractivity contribution in [3.8, 4) is 0 Å². The summed E-state index contributed by atoms with van der Waals surface area (Å²) in [5.74, 6) is -3.01. The molecule has 0 bridgehead atoms. The molecule has 1 aromatic carbocycles. The molecule has 1 N–H and O–H groups in total. The van der Waals surface area contributed by atoms with E-state index in [1.54, 1.807) is 36.2 Å². The Morgan fingerprint density at radius 2 is 2.00 bits per heavy atom. The molecule has 1 aliphatic carbocycles. The van der Waals surface area contributed by atoms with Crippen LogP contribution in [0, 0.1) is 5.92 Å². The smallest absolute Gasteiger partial charge is 0.350 e. The van der Waals surface area contributed by atoms with E-state index in [1.807, 2.05) is 0 Å². The summed E-state index contributed by atoms with van der Waals surface area (Å²) >= 11 is 0. The second-order valence-electron chi connectivity index (χ2n) is 6.25. The van der Waals surface area contributed by atoms with E-state index >= 15 is 0 Å². The molecule has 0 radical (unpaired) electrons. The molecule has 1 atom stereocenters. The minimum absolute atomic E-state index is 0.0313. The number of alkyl halides is 3. The maximum absolute atomic E-state index is 12.7. The molecule has 24 heavy (non-hydrogen) atoms. The van der Waals surface area contributed by atoms with Crippen LogP contribution in [0.5, 0.6) is 0 Å². The summed E-state index contributed by atoms with van der Waals surface area (Å²) < 4.78 is 38.1. The van der Waals surface area contributed by atoms with Crippen LogP contribution in [0.2, 0.25) is 0 Å². The van der Waals surface area contributed by atoms with E-state index in [4.69, 9.17) is 0 Å². The van der Waals surface area contributed by atoms with Crippen LogP contribution in [0.15, 0.2) is 29.4 Å². The first-order valence-corrected chi connectivity index (χ1v) is 7.58. The van der Waals surface area contributed by atoms with Gasteiger partial charge in [0, 0.05) is 19.5 Å². The molecule has 0 spiro atoms. The van der Waals surface area contributed by atoms with Gasteiger partial charge in [0.25, 0.3) is 0 Å². The van der Waals surface area contributed by atoms with Gasteiger partial charge in [-0.25, -0.2) is 0 Å². The van der Waals surface area contributed by atoms with E-state index < -0.39 is 18.4 Å². The highest BCUT2D eigenvalue weighted by Crippen LogP contribution is 2.39. The van der Waals surface area contributed by atoms with Crippen molar-refractivity contribution in [1.29, 1.82) is 0 Å².